The summed E-state index contributed by atoms with van der Waals surface area (Å²) in [5, 5.41) is 4.56. The Kier molecular flexibility index (Phi) is 5.93. The molecule has 30 heavy (non-hydrogen) atoms. The van der Waals surface area contributed by atoms with E-state index < -0.39 is 11.7 Å². The summed E-state index contributed by atoms with van der Waals surface area (Å²) in [5.74, 6) is 0.631. The summed E-state index contributed by atoms with van der Waals surface area (Å²) >= 11 is 0. The third-order valence-electron chi connectivity index (χ3n) is 4.92. The minimum atomic E-state index is -4.42. The first kappa shape index (κ1) is 22.6. The predicted octanol–water partition coefficient (Wildman–Crippen LogP) is 5.30. The molecule has 0 saturated carbocycles. The number of halogens is 3. The number of hydrogen-bond donors (Lipinski definition) is 1. The third-order valence-corrected chi connectivity index (χ3v) is 4.92. The molecule has 0 aliphatic carbocycles. The van der Waals surface area contributed by atoms with Crippen LogP contribution in [0.5, 0.6) is 0 Å². The normalized spacial score (nSPS) is 12.2. The van der Waals surface area contributed by atoms with E-state index in [9.17, 15) is 13.2 Å². The van der Waals surface area contributed by atoms with Gasteiger partial charge in [0.2, 0.25) is 0 Å². The van der Waals surface area contributed by atoms with Crippen molar-refractivity contribution >= 4 is 40.6 Å². The summed E-state index contributed by atoms with van der Waals surface area (Å²) in [7, 11) is 1.85. The third kappa shape index (κ3) is 4.19. The van der Waals surface area contributed by atoms with Gasteiger partial charge in [-0.15, -0.1) is 0 Å². The number of nitrogens with zero attached hydrogens (tertiary/aromatic N) is 3. The van der Waals surface area contributed by atoms with Gasteiger partial charge in [-0.1, -0.05) is 45.0 Å². The second-order valence-corrected chi connectivity index (χ2v) is 8.15. The fraction of sp³-hybridized carbons (Fsp3) is 0.273. The number of H-pyrrole nitrogens is 1. The molecule has 0 aliphatic heterocycles. The first-order valence-corrected chi connectivity index (χ1v) is 9.25. The standard InChI is InChI=1S/C22H21F3N4.Na.H/c1-21(2,3)19-12-18(29(4)28-19)20-26-16-10-9-13(11-17(16)27-20)14-7-5-6-8-15(14)22(23,24)25;;/h5-12H,1-4H3,(H,26,27);;. The Balaban J connectivity index is 0.00000256. The summed E-state index contributed by atoms with van der Waals surface area (Å²) in [5.41, 5.74) is 2.98. The topological polar surface area (TPSA) is 46.5 Å². The first-order chi connectivity index (χ1) is 13.5. The molecule has 0 radical (unpaired) electrons. The van der Waals surface area contributed by atoms with E-state index in [1.807, 2.05) is 13.1 Å². The molecular formula is C22H22F3N4Na. The Bertz CT molecular complexity index is 1200. The second-order valence-electron chi connectivity index (χ2n) is 8.15. The van der Waals surface area contributed by atoms with Crippen molar-refractivity contribution in [3.63, 3.8) is 0 Å². The van der Waals surface area contributed by atoms with E-state index >= 15 is 0 Å². The van der Waals surface area contributed by atoms with Crippen molar-refractivity contribution in [3.8, 4) is 22.6 Å². The second kappa shape index (κ2) is 7.87. The van der Waals surface area contributed by atoms with Crippen molar-refractivity contribution in [2.45, 2.75) is 32.4 Å². The number of alkyl halides is 3. The first-order valence-electron chi connectivity index (χ1n) is 9.25. The van der Waals surface area contributed by atoms with Crippen molar-refractivity contribution in [1.29, 1.82) is 0 Å². The molecule has 2 heterocycles. The van der Waals surface area contributed by atoms with E-state index in [1.54, 1.807) is 28.9 Å². The number of nitrogens with one attached hydrogen (secondary N) is 1. The Morgan fingerprint density at radius 1 is 0.967 bits per heavy atom. The van der Waals surface area contributed by atoms with Crippen LogP contribution in [0.1, 0.15) is 32.0 Å². The summed E-state index contributed by atoms with van der Waals surface area (Å²) in [4.78, 5) is 7.87. The van der Waals surface area contributed by atoms with Crippen molar-refractivity contribution in [2.24, 2.45) is 7.05 Å². The van der Waals surface area contributed by atoms with Crippen LogP contribution in [0.2, 0.25) is 0 Å². The molecule has 4 nitrogen and oxygen atoms in total. The molecule has 0 aliphatic rings. The zero-order chi connectivity index (χ0) is 21.0. The average molecular weight is 422 g/mol. The van der Waals surface area contributed by atoms with Crippen LogP contribution in [-0.4, -0.2) is 49.3 Å². The van der Waals surface area contributed by atoms with Crippen molar-refractivity contribution < 1.29 is 13.2 Å². The van der Waals surface area contributed by atoms with Crippen molar-refractivity contribution in [1.82, 2.24) is 19.7 Å². The van der Waals surface area contributed by atoms with Gasteiger partial charge in [0, 0.05) is 12.5 Å². The van der Waals surface area contributed by atoms with Gasteiger partial charge in [-0.2, -0.15) is 18.3 Å². The van der Waals surface area contributed by atoms with E-state index in [4.69, 9.17) is 0 Å². The molecule has 8 heteroatoms. The Morgan fingerprint density at radius 2 is 1.67 bits per heavy atom. The van der Waals surface area contributed by atoms with Gasteiger partial charge in [0.15, 0.2) is 5.82 Å². The number of aryl methyl sites for hydroxylation is 1. The van der Waals surface area contributed by atoms with Crippen LogP contribution in [-0.2, 0) is 18.6 Å². The van der Waals surface area contributed by atoms with Gasteiger partial charge < -0.3 is 4.98 Å². The molecule has 0 atom stereocenters. The van der Waals surface area contributed by atoms with E-state index in [-0.39, 0.29) is 40.5 Å². The van der Waals surface area contributed by atoms with Gasteiger partial charge in [0.05, 0.1) is 22.3 Å². The van der Waals surface area contributed by atoms with Crippen LogP contribution in [0.3, 0.4) is 0 Å². The fourth-order valence-electron chi connectivity index (χ4n) is 3.33. The molecule has 0 amide bonds. The average Bonchev–Trinajstić information content (AvgIpc) is 3.23. The number of hydrogen-bond acceptors (Lipinski definition) is 2. The predicted molar refractivity (Wildman–Crippen MR) is 115 cm³/mol. The number of aromatic nitrogens is 4. The quantitative estimate of drug-likeness (QED) is 0.446. The molecule has 4 rings (SSSR count). The van der Waals surface area contributed by atoms with Gasteiger partial charge >= 0.3 is 35.7 Å². The Labute approximate surface area is 194 Å². The van der Waals surface area contributed by atoms with Gasteiger partial charge in [-0.25, -0.2) is 4.98 Å². The SMILES string of the molecule is Cn1nc(C(C)(C)C)cc1-c1nc2cc(-c3ccccc3C(F)(F)F)ccc2[nH]1.[NaH]. The molecule has 0 saturated heterocycles. The van der Waals surface area contributed by atoms with E-state index in [0.717, 1.165) is 23.0 Å². The van der Waals surface area contributed by atoms with Crippen LogP contribution < -0.4 is 0 Å². The van der Waals surface area contributed by atoms with Crippen molar-refractivity contribution in [2.75, 3.05) is 0 Å². The number of aromatic amines is 1. The number of imidazole rings is 1. The summed E-state index contributed by atoms with van der Waals surface area (Å²) in [6.45, 7) is 6.26. The van der Waals surface area contributed by atoms with E-state index in [2.05, 4.69) is 35.8 Å². The van der Waals surface area contributed by atoms with Gasteiger partial charge in [0.25, 0.3) is 0 Å². The van der Waals surface area contributed by atoms with E-state index in [1.165, 1.54) is 12.1 Å². The molecule has 152 valence electrons. The van der Waals surface area contributed by atoms with Gasteiger partial charge in [0.1, 0.15) is 5.69 Å². The van der Waals surface area contributed by atoms with Crippen LogP contribution in [0.15, 0.2) is 48.5 Å². The van der Waals surface area contributed by atoms with Crippen LogP contribution in [0, 0.1) is 0 Å². The van der Waals surface area contributed by atoms with Crippen LogP contribution >= 0.6 is 0 Å². The maximum absolute atomic E-state index is 13.4. The number of benzene rings is 2. The summed E-state index contributed by atoms with van der Waals surface area (Å²) in [6, 6.07) is 12.7. The molecule has 0 bridgehead atoms. The summed E-state index contributed by atoms with van der Waals surface area (Å²) in [6.07, 6.45) is -4.42. The minimum absolute atomic E-state index is 0. The zero-order valence-electron chi connectivity index (χ0n) is 16.6. The molecule has 2 aromatic heterocycles. The molecule has 0 unspecified atom stereocenters. The van der Waals surface area contributed by atoms with Crippen molar-refractivity contribution in [3.05, 3.63) is 59.8 Å². The fourth-order valence-corrected chi connectivity index (χ4v) is 3.33. The maximum atomic E-state index is 13.4. The number of rotatable bonds is 2. The molecule has 1 N–H and O–H groups in total. The zero-order valence-corrected chi connectivity index (χ0v) is 16.6. The van der Waals surface area contributed by atoms with Gasteiger partial charge in [-0.3, -0.25) is 4.68 Å². The Hall–Kier alpha value is -2.09. The molecule has 0 spiro atoms. The molecular weight excluding hydrogens is 400 g/mol. The van der Waals surface area contributed by atoms with Crippen LogP contribution in [0.25, 0.3) is 33.7 Å². The molecule has 4 aromatic rings. The van der Waals surface area contributed by atoms with Gasteiger partial charge in [-0.05, 0) is 35.4 Å². The number of fused-ring (bicyclic) bond motifs is 1. The Morgan fingerprint density at radius 3 is 2.30 bits per heavy atom. The molecule has 0 fully saturated rings. The van der Waals surface area contributed by atoms with Crippen LogP contribution in [0.4, 0.5) is 13.2 Å². The summed E-state index contributed by atoms with van der Waals surface area (Å²) < 4.78 is 41.9. The monoisotopic (exact) mass is 422 g/mol. The molecule has 2 aromatic carbocycles. The van der Waals surface area contributed by atoms with E-state index in [0.29, 0.717) is 16.9 Å².